The number of carbonyl (C=O) groups excluding carboxylic acids is 1. The fourth-order valence-electron chi connectivity index (χ4n) is 1.96. The van der Waals surface area contributed by atoms with Crippen LogP contribution < -0.4 is 10.1 Å². The lowest BCUT2D eigenvalue weighted by Crippen LogP contribution is -2.27. The molecule has 1 atom stereocenters. The molecule has 0 aliphatic carbocycles. The van der Waals surface area contributed by atoms with Crippen molar-refractivity contribution in [1.29, 1.82) is 0 Å². The normalized spacial score (nSPS) is 12.0. The Morgan fingerprint density at radius 3 is 2.41 bits per heavy atom. The molecule has 1 amide bonds. The second kappa shape index (κ2) is 7.35. The van der Waals surface area contributed by atoms with Crippen molar-refractivity contribution in [3.8, 4) is 5.75 Å². The van der Waals surface area contributed by atoms with E-state index in [0.717, 1.165) is 10.0 Å². The van der Waals surface area contributed by atoms with Gasteiger partial charge in [-0.25, -0.2) is 0 Å². The standard InChI is InChI=1S/C16H14BrF2NO2/c1-10(11-6-8-12(17)9-7-11)20-15(21)13-4-2-3-5-14(13)22-16(18)19/h2-10,16H,1H3,(H,20,21). The summed E-state index contributed by atoms with van der Waals surface area (Å²) in [6.45, 7) is -1.16. The Kier molecular flexibility index (Phi) is 5.49. The second-order valence-corrected chi connectivity index (χ2v) is 5.54. The van der Waals surface area contributed by atoms with Crippen molar-refractivity contribution < 1.29 is 18.3 Å². The lowest BCUT2D eigenvalue weighted by molar-refractivity contribution is -0.0501. The van der Waals surface area contributed by atoms with Gasteiger partial charge in [0.05, 0.1) is 11.6 Å². The molecule has 22 heavy (non-hydrogen) atoms. The van der Waals surface area contributed by atoms with E-state index in [1.165, 1.54) is 18.2 Å². The summed E-state index contributed by atoms with van der Waals surface area (Å²) < 4.78 is 30.0. The lowest BCUT2D eigenvalue weighted by Gasteiger charge is -2.16. The highest BCUT2D eigenvalue weighted by atomic mass is 79.9. The number of benzene rings is 2. The third-order valence-corrected chi connectivity index (χ3v) is 3.59. The number of hydrogen-bond acceptors (Lipinski definition) is 2. The van der Waals surface area contributed by atoms with Gasteiger partial charge in [-0.05, 0) is 36.8 Å². The Morgan fingerprint density at radius 1 is 1.14 bits per heavy atom. The molecule has 0 heterocycles. The Morgan fingerprint density at radius 2 is 1.77 bits per heavy atom. The predicted molar refractivity (Wildman–Crippen MR) is 83.1 cm³/mol. The number of amides is 1. The highest BCUT2D eigenvalue weighted by Crippen LogP contribution is 2.22. The van der Waals surface area contributed by atoms with E-state index in [1.54, 1.807) is 6.07 Å². The first-order valence-electron chi connectivity index (χ1n) is 6.57. The summed E-state index contributed by atoms with van der Waals surface area (Å²) in [6.07, 6.45) is 0. The van der Waals surface area contributed by atoms with Crippen LogP contribution in [-0.2, 0) is 0 Å². The maximum Gasteiger partial charge on any atom is 0.387 e. The molecule has 1 unspecified atom stereocenters. The van der Waals surface area contributed by atoms with Crippen molar-refractivity contribution in [2.75, 3.05) is 0 Å². The lowest BCUT2D eigenvalue weighted by atomic mass is 10.1. The minimum absolute atomic E-state index is 0.0757. The van der Waals surface area contributed by atoms with Crippen LogP contribution in [0.5, 0.6) is 5.75 Å². The van der Waals surface area contributed by atoms with Crippen molar-refractivity contribution in [1.82, 2.24) is 5.32 Å². The van der Waals surface area contributed by atoms with Crippen LogP contribution in [0.4, 0.5) is 8.78 Å². The van der Waals surface area contributed by atoms with Crippen LogP contribution in [0.25, 0.3) is 0 Å². The van der Waals surface area contributed by atoms with Gasteiger partial charge in [0.1, 0.15) is 5.75 Å². The van der Waals surface area contributed by atoms with E-state index in [9.17, 15) is 13.6 Å². The smallest absolute Gasteiger partial charge is 0.387 e. The monoisotopic (exact) mass is 369 g/mol. The van der Waals surface area contributed by atoms with Crippen molar-refractivity contribution >= 4 is 21.8 Å². The molecule has 116 valence electrons. The maximum atomic E-state index is 12.4. The Balaban J connectivity index is 2.13. The topological polar surface area (TPSA) is 38.3 Å². The van der Waals surface area contributed by atoms with E-state index in [2.05, 4.69) is 26.0 Å². The zero-order valence-electron chi connectivity index (χ0n) is 11.7. The molecule has 2 aromatic rings. The van der Waals surface area contributed by atoms with E-state index < -0.39 is 12.5 Å². The predicted octanol–water partition coefficient (Wildman–Crippen LogP) is 4.54. The average molecular weight is 370 g/mol. The molecule has 6 heteroatoms. The quantitative estimate of drug-likeness (QED) is 0.839. The van der Waals surface area contributed by atoms with Crippen LogP contribution in [0.15, 0.2) is 53.0 Å². The number of halogens is 3. The summed E-state index contributed by atoms with van der Waals surface area (Å²) in [4.78, 5) is 12.3. The van der Waals surface area contributed by atoms with Gasteiger partial charge in [0.15, 0.2) is 0 Å². The van der Waals surface area contributed by atoms with Crippen molar-refractivity contribution in [2.45, 2.75) is 19.6 Å². The molecule has 0 aliphatic rings. The maximum absolute atomic E-state index is 12.4. The zero-order chi connectivity index (χ0) is 16.1. The van der Waals surface area contributed by atoms with Crippen molar-refractivity contribution in [3.05, 3.63) is 64.1 Å². The van der Waals surface area contributed by atoms with Gasteiger partial charge in [-0.15, -0.1) is 0 Å². The van der Waals surface area contributed by atoms with Crippen LogP contribution in [0.2, 0.25) is 0 Å². The molecule has 0 radical (unpaired) electrons. The number of hydrogen-bond donors (Lipinski definition) is 1. The minimum atomic E-state index is -2.97. The minimum Gasteiger partial charge on any atom is -0.434 e. The molecule has 2 rings (SSSR count). The van der Waals surface area contributed by atoms with Gasteiger partial charge in [0.2, 0.25) is 0 Å². The molecule has 2 aromatic carbocycles. The number of carbonyl (C=O) groups is 1. The van der Waals surface area contributed by atoms with Gasteiger partial charge < -0.3 is 10.1 Å². The summed E-state index contributed by atoms with van der Waals surface area (Å²) >= 11 is 3.34. The largest absolute Gasteiger partial charge is 0.434 e. The molecular weight excluding hydrogens is 356 g/mol. The van der Waals surface area contributed by atoms with Crippen LogP contribution in [-0.4, -0.2) is 12.5 Å². The summed E-state index contributed by atoms with van der Waals surface area (Å²) in [5.41, 5.74) is 0.982. The number of rotatable bonds is 5. The third-order valence-electron chi connectivity index (χ3n) is 3.07. The van der Waals surface area contributed by atoms with E-state index in [0.29, 0.717) is 0 Å². The van der Waals surface area contributed by atoms with Gasteiger partial charge >= 0.3 is 6.61 Å². The Hall–Kier alpha value is -1.95. The molecule has 0 aliphatic heterocycles. The highest BCUT2D eigenvalue weighted by Gasteiger charge is 2.17. The number of para-hydroxylation sites is 1. The summed E-state index contributed by atoms with van der Waals surface area (Å²) in [6, 6.07) is 13.1. The highest BCUT2D eigenvalue weighted by molar-refractivity contribution is 9.10. The molecule has 0 aromatic heterocycles. The molecule has 0 saturated heterocycles. The molecule has 1 N–H and O–H groups in total. The van der Waals surface area contributed by atoms with Gasteiger partial charge in [-0.1, -0.05) is 40.2 Å². The van der Waals surface area contributed by atoms with Gasteiger partial charge in [0.25, 0.3) is 5.91 Å². The molecule has 0 saturated carbocycles. The van der Waals surface area contributed by atoms with Gasteiger partial charge in [0, 0.05) is 4.47 Å². The molecular formula is C16H14BrF2NO2. The Labute approximate surface area is 135 Å². The second-order valence-electron chi connectivity index (χ2n) is 4.62. The van der Waals surface area contributed by atoms with Gasteiger partial charge in [-0.3, -0.25) is 4.79 Å². The number of alkyl halides is 2. The van der Waals surface area contributed by atoms with Crippen LogP contribution in [0.3, 0.4) is 0 Å². The van der Waals surface area contributed by atoms with Crippen LogP contribution >= 0.6 is 15.9 Å². The third kappa shape index (κ3) is 4.27. The van der Waals surface area contributed by atoms with Crippen LogP contribution in [0, 0.1) is 0 Å². The SMILES string of the molecule is CC(NC(=O)c1ccccc1OC(F)F)c1ccc(Br)cc1. The molecule has 0 fully saturated rings. The summed E-state index contributed by atoms with van der Waals surface area (Å²) in [5, 5.41) is 2.77. The fraction of sp³-hybridized carbons (Fsp3) is 0.188. The fourth-order valence-corrected chi connectivity index (χ4v) is 2.23. The number of ether oxygens (including phenoxy) is 1. The summed E-state index contributed by atoms with van der Waals surface area (Å²) in [7, 11) is 0. The van der Waals surface area contributed by atoms with Crippen molar-refractivity contribution in [3.63, 3.8) is 0 Å². The van der Waals surface area contributed by atoms with Gasteiger partial charge in [-0.2, -0.15) is 8.78 Å². The van der Waals surface area contributed by atoms with Crippen LogP contribution in [0.1, 0.15) is 28.9 Å². The first-order valence-corrected chi connectivity index (χ1v) is 7.37. The molecule has 3 nitrogen and oxygen atoms in total. The summed E-state index contributed by atoms with van der Waals surface area (Å²) in [5.74, 6) is -0.607. The number of nitrogens with one attached hydrogen (secondary N) is 1. The van der Waals surface area contributed by atoms with Crippen molar-refractivity contribution in [2.24, 2.45) is 0 Å². The first kappa shape index (κ1) is 16.4. The molecule has 0 bridgehead atoms. The van der Waals surface area contributed by atoms with E-state index in [-0.39, 0.29) is 17.4 Å². The zero-order valence-corrected chi connectivity index (χ0v) is 13.3. The van der Waals surface area contributed by atoms with E-state index >= 15 is 0 Å². The Bertz CT molecular complexity index is 647. The van der Waals surface area contributed by atoms with E-state index in [4.69, 9.17) is 0 Å². The van der Waals surface area contributed by atoms with E-state index in [1.807, 2.05) is 31.2 Å². The molecule has 0 spiro atoms. The first-order chi connectivity index (χ1) is 10.5. The average Bonchev–Trinajstić information content (AvgIpc) is 2.47.